The first-order valence-electron chi connectivity index (χ1n) is 7.11. The van der Waals surface area contributed by atoms with E-state index in [0.29, 0.717) is 28.3 Å². The number of carbonyl (C=O) groups excluding carboxylic acids is 1. The Hall–Kier alpha value is -2.80. The van der Waals surface area contributed by atoms with Crippen LogP contribution < -0.4 is 10.9 Å². The number of benzene rings is 1. The van der Waals surface area contributed by atoms with Crippen molar-refractivity contribution in [2.24, 2.45) is 0 Å². The van der Waals surface area contributed by atoms with Gasteiger partial charge in [-0.1, -0.05) is 12.1 Å². The molecule has 120 valence electrons. The number of aromatic amines is 1. The molecule has 3 aromatic rings. The molecular weight excluding hydrogens is 372 g/mol. The van der Waals surface area contributed by atoms with Crippen molar-refractivity contribution in [3.8, 4) is 11.4 Å². The van der Waals surface area contributed by atoms with Gasteiger partial charge in [-0.25, -0.2) is 4.98 Å². The van der Waals surface area contributed by atoms with Crippen LogP contribution in [-0.4, -0.2) is 20.9 Å². The third-order valence-corrected chi connectivity index (χ3v) is 3.66. The zero-order valence-corrected chi connectivity index (χ0v) is 14.3. The average Bonchev–Trinajstić information content (AvgIpc) is 2.54. The topological polar surface area (TPSA) is 87.7 Å². The molecule has 24 heavy (non-hydrogen) atoms. The highest BCUT2D eigenvalue weighted by atomic mass is 79.9. The van der Waals surface area contributed by atoms with Crippen LogP contribution in [0.25, 0.3) is 11.4 Å². The zero-order valence-electron chi connectivity index (χ0n) is 12.7. The first-order chi connectivity index (χ1) is 11.5. The lowest BCUT2D eigenvalue weighted by molar-refractivity contribution is 0.102. The molecule has 0 radical (unpaired) electrons. The van der Waals surface area contributed by atoms with Gasteiger partial charge in [0.15, 0.2) is 0 Å². The quantitative estimate of drug-likeness (QED) is 0.725. The SMILES string of the molecule is Cc1cc(=O)[nH]c(-c2cccc(NC(=O)c3cncc(Br)c3)c2)n1. The Balaban J connectivity index is 1.88. The van der Waals surface area contributed by atoms with Gasteiger partial charge in [-0.2, -0.15) is 0 Å². The van der Waals surface area contributed by atoms with Gasteiger partial charge < -0.3 is 10.3 Å². The summed E-state index contributed by atoms with van der Waals surface area (Å²) in [5.41, 5.74) is 2.16. The van der Waals surface area contributed by atoms with Crippen LogP contribution in [-0.2, 0) is 0 Å². The molecule has 0 aliphatic heterocycles. The maximum Gasteiger partial charge on any atom is 0.257 e. The standard InChI is InChI=1S/C17H13BrN4O2/c1-10-5-15(23)22-16(20-10)11-3-2-4-14(7-11)21-17(24)12-6-13(18)9-19-8-12/h2-9H,1H3,(H,21,24)(H,20,22,23). The molecule has 7 heteroatoms. The zero-order chi connectivity index (χ0) is 17.1. The molecule has 1 amide bonds. The molecule has 2 aromatic heterocycles. The molecule has 0 aliphatic rings. The number of pyridine rings is 1. The number of nitrogens with zero attached hydrogens (tertiary/aromatic N) is 2. The smallest absolute Gasteiger partial charge is 0.257 e. The van der Waals surface area contributed by atoms with E-state index in [1.54, 1.807) is 37.4 Å². The fourth-order valence-electron chi connectivity index (χ4n) is 2.20. The normalized spacial score (nSPS) is 10.4. The van der Waals surface area contributed by atoms with Crippen LogP contribution in [0.3, 0.4) is 0 Å². The Morgan fingerprint density at radius 1 is 1.21 bits per heavy atom. The van der Waals surface area contributed by atoms with Gasteiger partial charge in [0.2, 0.25) is 0 Å². The molecule has 2 heterocycles. The predicted octanol–water partition coefficient (Wildman–Crippen LogP) is 3.16. The number of nitrogens with one attached hydrogen (secondary N) is 2. The summed E-state index contributed by atoms with van der Waals surface area (Å²) in [5, 5.41) is 2.81. The van der Waals surface area contributed by atoms with Crippen molar-refractivity contribution in [3.05, 3.63) is 74.9 Å². The molecule has 0 fully saturated rings. The van der Waals surface area contributed by atoms with E-state index in [1.165, 1.54) is 12.3 Å². The van der Waals surface area contributed by atoms with E-state index in [4.69, 9.17) is 0 Å². The molecule has 6 nitrogen and oxygen atoms in total. The number of aryl methyl sites for hydroxylation is 1. The summed E-state index contributed by atoms with van der Waals surface area (Å²) < 4.78 is 0.727. The van der Waals surface area contributed by atoms with Crippen LogP contribution >= 0.6 is 15.9 Å². The second-order valence-corrected chi connectivity index (χ2v) is 6.08. The van der Waals surface area contributed by atoms with Crippen molar-refractivity contribution >= 4 is 27.5 Å². The Bertz CT molecular complexity index is 969. The molecular formula is C17H13BrN4O2. The Labute approximate surface area is 146 Å². The summed E-state index contributed by atoms with van der Waals surface area (Å²) in [7, 11) is 0. The van der Waals surface area contributed by atoms with E-state index in [2.05, 4.69) is 36.2 Å². The number of aromatic nitrogens is 3. The van der Waals surface area contributed by atoms with Gasteiger partial charge in [0.05, 0.1) is 5.56 Å². The van der Waals surface area contributed by atoms with E-state index < -0.39 is 0 Å². The van der Waals surface area contributed by atoms with Crippen LogP contribution in [0.4, 0.5) is 5.69 Å². The van der Waals surface area contributed by atoms with Crippen molar-refractivity contribution in [2.75, 3.05) is 5.32 Å². The fourth-order valence-corrected chi connectivity index (χ4v) is 2.56. The molecule has 1 aromatic carbocycles. The third-order valence-electron chi connectivity index (χ3n) is 3.23. The van der Waals surface area contributed by atoms with E-state index in [9.17, 15) is 9.59 Å². The molecule has 0 unspecified atom stereocenters. The monoisotopic (exact) mass is 384 g/mol. The van der Waals surface area contributed by atoms with Crippen molar-refractivity contribution in [2.45, 2.75) is 6.92 Å². The van der Waals surface area contributed by atoms with Crippen LogP contribution in [0, 0.1) is 6.92 Å². The van der Waals surface area contributed by atoms with Gasteiger partial charge >= 0.3 is 0 Å². The van der Waals surface area contributed by atoms with Gasteiger partial charge in [0, 0.05) is 39.9 Å². The summed E-state index contributed by atoms with van der Waals surface area (Å²) in [6.45, 7) is 1.75. The molecule has 0 bridgehead atoms. The lowest BCUT2D eigenvalue weighted by Gasteiger charge is -2.08. The lowest BCUT2D eigenvalue weighted by atomic mass is 10.1. The van der Waals surface area contributed by atoms with Crippen molar-refractivity contribution in [1.82, 2.24) is 15.0 Å². The van der Waals surface area contributed by atoms with Crippen molar-refractivity contribution < 1.29 is 4.79 Å². The third kappa shape index (κ3) is 3.75. The molecule has 0 aliphatic carbocycles. The number of H-pyrrole nitrogens is 1. The van der Waals surface area contributed by atoms with Crippen LogP contribution in [0.1, 0.15) is 16.1 Å². The number of hydrogen-bond acceptors (Lipinski definition) is 4. The summed E-state index contributed by atoms with van der Waals surface area (Å²) >= 11 is 3.29. The van der Waals surface area contributed by atoms with E-state index in [0.717, 1.165) is 4.47 Å². The summed E-state index contributed by atoms with van der Waals surface area (Å²) in [5.74, 6) is 0.187. The first kappa shape index (κ1) is 16.1. The number of anilines is 1. The van der Waals surface area contributed by atoms with Gasteiger partial charge in [0.25, 0.3) is 11.5 Å². The van der Waals surface area contributed by atoms with Gasteiger partial charge in [-0.3, -0.25) is 14.6 Å². The second kappa shape index (κ2) is 6.76. The van der Waals surface area contributed by atoms with Crippen LogP contribution in [0.15, 0.2) is 58.1 Å². The van der Waals surface area contributed by atoms with Gasteiger partial charge in [-0.15, -0.1) is 0 Å². The van der Waals surface area contributed by atoms with Crippen molar-refractivity contribution in [3.63, 3.8) is 0 Å². The Kier molecular flexibility index (Phi) is 4.52. The fraction of sp³-hybridized carbons (Fsp3) is 0.0588. The van der Waals surface area contributed by atoms with Crippen molar-refractivity contribution in [1.29, 1.82) is 0 Å². The number of hydrogen-bond donors (Lipinski definition) is 2. The first-order valence-corrected chi connectivity index (χ1v) is 7.91. The number of carbonyl (C=O) groups is 1. The second-order valence-electron chi connectivity index (χ2n) is 5.16. The van der Waals surface area contributed by atoms with Gasteiger partial charge in [0.1, 0.15) is 5.82 Å². The minimum absolute atomic E-state index is 0.216. The predicted molar refractivity (Wildman–Crippen MR) is 94.9 cm³/mol. The molecule has 0 spiro atoms. The summed E-state index contributed by atoms with van der Waals surface area (Å²) in [4.78, 5) is 34.8. The van der Waals surface area contributed by atoms with Gasteiger partial charge in [-0.05, 0) is 41.1 Å². The molecule has 3 rings (SSSR count). The lowest BCUT2D eigenvalue weighted by Crippen LogP contribution is -2.12. The number of halogens is 1. The van der Waals surface area contributed by atoms with E-state index >= 15 is 0 Å². The largest absolute Gasteiger partial charge is 0.322 e. The minimum Gasteiger partial charge on any atom is -0.322 e. The number of rotatable bonds is 3. The molecule has 0 saturated heterocycles. The maximum absolute atomic E-state index is 12.3. The van der Waals surface area contributed by atoms with E-state index in [1.807, 2.05) is 6.07 Å². The highest BCUT2D eigenvalue weighted by Crippen LogP contribution is 2.19. The average molecular weight is 385 g/mol. The highest BCUT2D eigenvalue weighted by molar-refractivity contribution is 9.10. The summed E-state index contributed by atoms with van der Waals surface area (Å²) in [6, 6.07) is 10.2. The molecule has 2 N–H and O–H groups in total. The Morgan fingerprint density at radius 3 is 2.79 bits per heavy atom. The number of amides is 1. The maximum atomic E-state index is 12.3. The van der Waals surface area contributed by atoms with Crippen LogP contribution in [0.5, 0.6) is 0 Å². The highest BCUT2D eigenvalue weighted by Gasteiger charge is 2.09. The van der Waals surface area contributed by atoms with Crippen LogP contribution in [0.2, 0.25) is 0 Å². The van der Waals surface area contributed by atoms with E-state index in [-0.39, 0.29) is 11.5 Å². The Morgan fingerprint density at radius 2 is 2.04 bits per heavy atom. The molecule has 0 atom stereocenters. The minimum atomic E-state index is -0.272. The summed E-state index contributed by atoms with van der Waals surface area (Å²) in [6.07, 6.45) is 3.10. The molecule has 0 saturated carbocycles.